The van der Waals surface area contributed by atoms with E-state index in [1.54, 1.807) is 0 Å². The molecule has 90 valence electrons. The Morgan fingerprint density at radius 1 is 1.25 bits per heavy atom. The van der Waals surface area contributed by atoms with Crippen molar-refractivity contribution < 1.29 is 10.2 Å². The Morgan fingerprint density at radius 2 is 1.88 bits per heavy atom. The molecule has 0 spiro atoms. The van der Waals surface area contributed by atoms with Gasteiger partial charge >= 0.3 is 0 Å². The first-order valence-electron chi connectivity index (χ1n) is 5.57. The molecule has 3 heteroatoms. The Morgan fingerprint density at radius 3 is 2.44 bits per heavy atom. The topological polar surface area (TPSA) is 52.5 Å². The second kappa shape index (κ2) is 5.32. The number of hydrogen-bond donors (Lipinski definition) is 3. The zero-order valence-corrected chi connectivity index (χ0v) is 10.2. The van der Waals surface area contributed by atoms with Gasteiger partial charge in [-0.2, -0.15) is 0 Å². The van der Waals surface area contributed by atoms with E-state index in [2.05, 4.69) is 32.2 Å². The molecule has 0 aliphatic heterocycles. The van der Waals surface area contributed by atoms with Crippen molar-refractivity contribution in [3.63, 3.8) is 0 Å². The van der Waals surface area contributed by atoms with Crippen LogP contribution < -0.4 is 5.32 Å². The van der Waals surface area contributed by atoms with E-state index in [0.29, 0.717) is 6.54 Å². The molecule has 0 bridgehead atoms. The van der Waals surface area contributed by atoms with Crippen LogP contribution in [-0.4, -0.2) is 29.5 Å². The number of hydrogen-bond acceptors (Lipinski definition) is 3. The van der Waals surface area contributed by atoms with Crippen molar-refractivity contribution in [2.75, 3.05) is 18.5 Å². The fourth-order valence-corrected chi connectivity index (χ4v) is 1.58. The third-order valence-corrected chi connectivity index (χ3v) is 2.47. The average Bonchev–Trinajstić information content (AvgIpc) is 2.25. The summed E-state index contributed by atoms with van der Waals surface area (Å²) in [5, 5.41) is 21.2. The number of benzene rings is 1. The summed E-state index contributed by atoms with van der Waals surface area (Å²) in [7, 11) is 0. The largest absolute Gasteiger partial charge is 0.394 e. The second-order valence-electron chi connectivity index (χ2n) is 5.01. The molecule has 0 aromatic heterocycles. The molecule has 1 aromatic rings. The van der Waals surface area contributed by atoms with E-state index in [9.17, 15) is 5.11 Å². The Kier molecular flexibility index (Phi) is 4.33. The van der Waals surface area contributed by atoms with Crippen LogP contribution in [0.5, 0.6) is 0 Å². The lowest BCUT2D eigenvalue weighted by Crippen LogP contribution is -2.24. The molecule has 0 fully saturated rings. The van der Waals surface area contributed by atoms with Gasteiger partial charge in [0.05, 0.1) is 12.7 Å². The molecule has 0 aliphatic carbocycles. The fourth-order valence-electron chi connectivity index (χ4n) is 1.58. The maximum atomic E-state index is 9.30. The van der Waals surface area contributed by atoms with E-state index in [4.69, 9.17) is 5.11 Å². The van der Waals surface area contributed by atoms with Gasteiger partial charge in [-0.25, -0.2) is 0 Å². The molecule has 3 nitrogen and oxygen atoms in total. The molecule has 0 aliphatic rings. The van der Waals surface area contributed by atoms with E-state index in [0.717, 1.165) is 5.69 Å². The Bertz CT molecular complexity index is 331. The quantitative estimate of drug-likeness (QED) is 0.729. The summed E-state index contributed by atoms with van der Waals surface area (Å²) in [4.78, 5) is 0. The highest BCUT2D eigenvalue weighted by molar-refractivity contribution is 5.54. The maximum Gasteiger partial charge on any atom is 0.0942 e. The summed E-state index contributed by atoms with van der Waals surface area (Å²) >= 11 is 0. The van der Waals surface area contributed by atoms with E-state index in [-0.39, 0.29) is 12.0 Å². The predicted molar refractivity (Wildman–Crippen MR) is 66.7 cm³/mol. The zero-order valence-electron chi connectivity index (χ0n) is 10.2. The SMILES string of the molecule is CC(C)(C)c1ccccc1NC[C@H](O)CO. The van der Waals surface area contributed by atoms with E-state index < -0.39 is 6.10 Å². The third kappa shape index (κ3) is 3.51. The smallest absolute Gasteiger partial charge is 0.0942 e. The van der Waals surface area contributed by atoms with E-state index in [1.807, 2.05) is 18.2 Å². The van der Waals surface area contributed by atoms with Gasteiger partial charge in [0, 0.05) is 12.2 Å². The minimum absolute atomic E-state index is 0.0633. The van der Waals surface area contributed by atoms with Gasteiger partial charge in [-0.1, -0.05) is 39.0 Å². The van der Waals surface area contributed by atoms with Crippen molar-refractivity contribution >= 4 is 5.69 Å². The number of nitrogens with one attached hydrogen (secondary N) is 1. The normalized spacial score (nSPS) is 13.6. The molecule has 3 N–H and O–H groups in total. The van der Waals surface area contributed by atoms with Crippen LogP contribution in [0, 0.1) is 0 Å². The Labute approximate surface area is 97.1 Å². The lowest BCUT2D eigenvalue weighted by molar-refractivity contribution is 0.105. The molecule has 1 aromatic carbocycles. The van der Waals surface area contributed by atoms with Crippen LogP contribution in [0.25, 0.3) is 0 Å². The van der Waals surface area contributed by atoms with Gasteiger partial charge in [-0.3, -0.25) is 0 Å². The molecule has 1 rings (SSSR count). The number of aliphatic hydroxyl groups is 2. The van der Waals surface area contributed by atoms with Gasteiger partial charge in [0.1, 0.15) is 0 Å². The van der Waals surface area contributed by atoms with Crippen LogP contribution in [0.3, 0.4) is 0 Å². The molecule has 0 unspecified atom stereocenters. The van der Waals surface area contributed by atoms with Gasteiger partial charge in [-0.15, -0.1) is 0 Å². The number of rotatable bonds is 4. The molecule has 0 radical (unpaired) electrons. The first kappa shape index (κ1) is 13.0. The maximum absolute atomic E-state index is 9.30. The molecule has 0 heterocycles. The standard InChI is InChI=1S/C13H21NO2/c1-13(2,3)11-6-4-5-7-12(11)14-8-10(16)9-15/h4-7,10,14-16H,8-9H2,1-3H3/t10-/m0/s1. The molecule has 1 atom stereocenters. The summed E-state index contributed by atoms with van der Waals surface area (Å²) in [5.41, 5.74) is 2.29. The minimum atomic E-state index is -0.715. The second-order valence-corrected chi connectivity index (χ2v) is 5.01. The van der Waals surface area contributed by atoms with Crippen molar-refractivity contribution in [3.8, 4) is 0 Å². The predicted octanol–water partition coefficient (Wildman–Crippen LogP) is 1.75. The lowest BCUT2D eigenvalue weighted by atomic mass is 9.86. The highest BCUT2D eigenvalue weighted by atomic mass is 16.3. The van der Waals surface area contributed by atoms with Crippen LogP contribution in [0.4, 0.5) is 5.69 Å². The fraction of sp³-hybridized carbons (Fsp3) is 0.538. The molecule has 0 saturated heterocycles. The van der Waals surface area contributed by atoms with Gasteiger partial charge < -0.3 is 15.5 Å². The molecular weight excluding hydrogens is 202 g/mol. The number of para-hydroxylation sites is 1. The van der Waals surface area contributed by atoms with Gasteiger partial charge in [0.25, 0.3) is 0 Å². The van der Waals surface area contributed by atoms with Crippen molar-refractivity contribution in [2.24, 2.45) is 0 Å². The number of aliphatic hydroxyl groups excluding tert-OH is 2. The Hall–Kier alpha value is -1.06. The zero-order chi connectivity index (χ0) is 12.2. The monoisotopic (exact) mass is 223 g/mol. The summed E-state index contributed by atoms with van der Waals surface area (Å²) in [6.07, 6.45) is -0.715. The summed E-state index contributed by atoms with van der Waals surface area (Å²) in [6.45, 7) is 6.59. The van der Waals surface area contributed by atoms with Crippen LogP contribution >= 0.6 is 0 Å². The van der Waals surface area contributed by atoms with Crippen LogP contribution in [0.2, 0.25) is 0 Å². The van der Waals surface area contributed by atoms with Crippen LogP contribution in [0.15, 0.2) is 24.3 Å². The number of anilines is 1. The van der Waals surface area contributed by atoms with Gasteiger partial charge in [0.2, 0.25) is 0 Å². The van der Waals surface area contributed by atoms with Crippen molar-refractivity contribution in [3.05, 3.63) is 29.8 Å². The van der Waals surface area contributed by atoms with Gasteiger partial charge in [0.15, 0.2) is 0 Å². The van der Waals surface area contributed by atoms with Crippen molar-refractivity contribution in [2.45, 2.75) is 32.3 Å². The highest BCUT2D eigenvalue weighted by Crippen LogP contribution is 2.28. The lowest BCUT2D eigenvalue weighted by Gasteiger charge is -2.24. The molecule has 0 amide bonds. The Balaban J connectivity index is 2.80. The summed E-state index contributed by atoms with van der Waals surface area (Å²) in [5.74, 6) is 0. The molecule has 0 saturated carbocycles. The van der Waals surface area contributed by atoms with E-state index in [1.165, 1.54) is 5.56 Å². The minimum Gasteiger partial charge on any atom is -0.394 e. The van der Waals surface area contributed by atoms with Gasteiger partial charge in [-0.05, 0) is 17.0 Å². The first-order valence-corrected chi connectivity index (χ1v) is 5.57. The third-order valence-electron chi connectivity index (χ3n) is 2.47. The van der Waals surface area contributed by atoms with Crippen molar-refractivity contribution in [1.82, 2.24) is 0 Å². The van der Waals surface area contributed by atoms with E-state index >= 15 is 0 Å². The summed E-state index contributed by atoms with van der Waals surface area (Å²) < 4.78 is 0. The molecular formula is C13H21NO2. The molecule has 16 heavy (non-hydrogen) atoms. The van der Waals surface area contributed by atoms with Crippen LogP contribution in [-0.2, 0) is 5.41 Å². The summed E-state index contributed by atoms with van der Waals surface area (Å²) in [6, 6.07) is 8.04. The average molecular weight is 223 g/mol. The first-order chi connectivity index (χ1) is 7.45. The highest BCUT2D eigenvalue weighted by Gasteiger charge is 2.17. The van der Waals surface area contributed by atoms with Crippen molar-refractivity contribution in [1.29, 1.82) is 0 Å². The van der Waals surface area contributed by atoms with Crippen LogP contribution in [0.1, 0.15) is 26.3 Å².